The van der Waals surface area contributed by atoms with Crippen LogP contribution >= 0.6 is 7.14 Å². The third kappa shape index (κ3) is 2.22. The lowest BCUT2D eigenvalue weighted by molar-refractivity contribution is 0.414. The molecule has 0 fully saturated rings. The van der Waals surface area contributed by atoms with E-state index in [0.29, 0.717) is 6.16 Å². The summed E-state index contributed by atoms with van der Waals surface area (Å²) in [5, 5.41) is 1.88. The van der Waals surface area contributed by atoms with Crippen molar-refractivity contribution in [1.29, 1.82) is 0 Å². The fourth-order valence-corrected chi connectivity index (χ4v) is 6.27. The minimum absolute atomic E-state index is 0.542. The molecule has 0 aromatic heterocycles. The number of fused-ring (bicyclic) bond motifs is 3. The molecule has 4 rings (SSSR count). The fourth-order valence-electron chi connectivity index (χ4n) is 3.33. The molecule has 3 aromatic carbocycles. The summed E-state index contributed by atoms with van der Waals surface area (Å²) >= 11 is 0. The van der Waals surface area contributed by atoms with Crippen LogP contribution in [0.3, 0.4) is 0 Å². The summed E-state index contributed by atoms with van der Waals surface area (Å²) in [5.41, 5.74) is 3.32. The molecule has 3 heteroatoms. The van der Waals surface area contributed by atoms with Gasteiger partial charge >= 0.3 is 0 Å². The van der Waals surface area contributed by atoms with Gasteiger partial charge in [-0.05, 0) is 28.8 Å². The molecule has 114 valence electrons. The van der Waals surface area contributed by atoms with Crippen molar-refractivity contribution in [3.05, 3.63) is 78.4 Å². The van der Waals surface area contributed by atoms with E-state index >= 15 is 0 Å². The van der Waals surface area contributed by atoms with Gasteiger partial charge in [0.2, 0.25) is 0 Å². The average Bonchev–Trinajstić information content (AvgIpc) is 2.62. The van der Waals surface area contributed by atoms with Crippen LogP contribution < -0.4 is 15.3 Å². The van der Waals surface area contributed by atoms with E-state index in [1.54, 1.807) is 7.11 Å². The first-order valence-electron chi connectivity index (χ1n) is 7.64. The molecule has 1 aliphatic heterocycles. The van der Waals surface area contributed by atoms with Gasteiger partial charge in [0.25, 0.3) is 0 Å². The van der Waals surface area contributed by atoms with Crippen molar-refractivity contribution in [2.45, 2.75) is 6.16 Å². The Morgan fingerprint density at radius 1 is 0.870 bits per heavy atom. The zero-order chi connectivity index (χ0) is 15.9. The van der Waals surface area contributed by atoms with Crippen molar-refractivity contribution >= 4 is 17.8 Å². The van der Waals surface area contributed by atoms with Gasteiger partial charge < -0.3 is 9.30 Å². The van der Waals surface area contributed by atoms with Gasteiger partial charge in [0.15, 0.2) is 0 Å². The molecule has 0 bridgehead atoms. The molecular weight excluding hydrogens is 303 g/mol. The lowest BCUT2D eigenvalue weighted by Crippen LogP contribution is -2.23. The van der Waals surface area contributed by atoms with E-state index in [9.17, 15) is 4.57 Å². The van der Waals surface area contributed by atoms with Crippen LogP contribution in [0.1, 0.15) is 5.56 Å². The van der Waals surface area contributed by atoms with Crippen molar-refractivity contribution in [2.24, 2.45) is 0 Å². The van der Waals surface area contributed by atoms with E-state index in [4.69, 9.17) is 4.74 Å². The Hall–Kier alpha value is -2.31. The summed E-state index contributed by atoms with van der Waals surface area (Å²) in [5.74, 6) is 0.808. The van der Waals surface area contributed by atoms with Crippen LogP contribution in [0, 0.1) is 0 Å². The normalized spacial score (nSPS) is 18.8. The molecule has 2 nitrogen and oxygen atoms in total. The van der Waals surface area contributed by atoms with Gasteiger partial charge in [0.05, 0.1) is 7.11 Å². The maximum Gasteiger partial charge on any atom is 0.148 e. The SMILES string of the molecule is COc1ccc2c(c1)CP(=O)(c1ccccc1)c1ccccc1-2. The lowest BCUT2D eigenvalue weighted by atomic mass is 10.00. The van der Waals surface area contributed by atoms with Gasteiger partial charge in [-0.2, -0.15) is 0 Å². The van der Waals surface area contributed by atoms with Gasteiger partial charge in [0.1, 0.15) is 12.9 Å². The van der Waals surface area contributed by atoms with Crippen molar-refractivity contribution < 1.29 is 9.30 Å². The average molecular weight is 320 g/mol. The second-order valence-corrected chi connectivity index (χ2v) is 8.57. The van der Waals surface area contributed by atoms with Crippen LogP contribution in [0.2, 0.25) is 0 Å². The third-order valence-electron chi connectivity index (χ3n) is 4.46. The number of hydrogen-bond acceptors (Lipinski definition) is 2. The molecule has 3 aromatic rings. The topological polar surface area (TPSA) is 26.3 Å². The Bertz CT molecular complexity index is 916. The minimum atomic E-state index is -2.67. The zero-order valence-electron chi connectivity index (χ0n) is 12.9. The van der Waals surface area contributed by atoms with E-state index in [1.165, 1.54) is 0 Å². The van der Waals surface area contributed by atoms with Crippen LogP contribution in [0.15, 0.2) is 72.8 Å². The lowest BCUT2D eigenvalue weighted by Gasteiger charge is -2.29. The van der Waals surface area contributed by atoms with Crippen molar-refractivity contribution in [1.82, 2.24) is 0 Å². The highest BCUT2D eigenvalue weighted by molar-refractivity contribution is 7.78. The van der Waals surface area contributed by atoms with E-state index in [1.807, 2.05) is 60.7 Å². The second-order valence-electron chi connectivity index (χ2n) is 5.77. The summed E-state index contributed by atoms with van der Waals surface area (Å²) in [4.78, 5) is 0. The Morgan fingerprint density at radius 3 is 2.39 bits per heavy atom. The standard InChI is InChI=1S/C20H17O2P/c1-22-16-11-12-18-15(13-16)14-23(21,17-7-3-2-4-8-17)20-10-6-5-9-19(18)20/h2-13H,14H2,1H3. The van der Waals surface area contributed by atoms with Crippen molar-refractivity contribution in [2.75, 3.05) is 7.11 Å². The highest BCUT2D eigenvalue weighted by atomic mass is 31.2. The molecule has 1 aliphatic rings. The molecule has 0 saturated heterocycles. The van der Waals surface area contributed by atoms with Gasteiger partial charge in [-0.3, -0.25) is 0 Å². The summed E-state index contributed by atoms with van der Waals surface area (Å²) in [6.45, 7) is 0. The third-order valence-corrected chi connectivity index (χ3v) is 7.55. The summed E-state index contributed by atoms with van der Waals surface area (Å²) in [7, 11) is -1.01. The molecule has 1 atom stereocenters. The van der Waals surface area contributed by atoms with Gasteiger partial charge in [-0.1, -0.05) is 60.7 Å². The van der Waals surface area contributed by atoms with Crippen LogP contribution in [0.25, 0.3) is 11.1 Å². The number of hydrogen-bond donors (Lipinski definition) is 0. The molecule has 1 unspecified atom stereocenters. The summed E-state index contributed by atoms with van der Waals surface area (Å²) in [6.07, 6.45) is 0.542. The summed E-state index contributed by atoms with van der Waals surface area (Å²) in [6, 6.07) is 23.9. The summed E-state index contributed by atoms with van der Waals surface area (Å²) < 4.78 is 19.3. The van der Waals surface area contributed by atoms with E-state index in [-0.39, 0.29) is 0 Å². The Labute approximate surface area is 136 Å². The zero-order valence-corrected chi connectivity index (χ0v) is 13.8. The Kier molecular flexibility index (Phi) is 3.36. The van der Waals surface area contributed by atoms with Crippen LogP contribution in [0.5, 0.6) is 5.75 Å². The van der Waals surface area contributed by atoms with Crippen LogP contribution in [-0.2, 0) is 10.7 Å². The monoisotopic (exact) mass is 320 g/mol. The van der Waals surface area contributed by atoms with E-state index < -0.39 is 7.14 Å². The Balaban J connectivity index is 2.00. The predicted molar refractivity (Wildman–Crippen MR) is 95.5 cm³/mol. The first-order chi connectivity index (χ1) is 11.2. The number of rotatable bonds is 2. The van der Waals surface area contributed by atoms with Gasteiger partial charge in [-0.25, -0.2) is 0 Å². The Morgan fingerprint density at radius 2 is 1.61 bits per heavy atom. The van der Waals surface area contributed by atoms with E-state index in [0.717, 1.165) is 33.0 Å². The number of methoxy groups -OCH3 is 1. The molecule has 0 spiro atoms. The first kappa shape index (κ1) is 14.3. The molecular formula is C20H17O2P. The smallest absolute Gasteiger partial charge is 0.148 e. The molecule has 0 N–H and O–H groups in total. The maximum atomic E-state index is 14.0. The van der Waals surface area contributed by atoms with Gasteiger partial charge in [0, 0.05) is 16.8 Å². The number of ether oxygens (including phenoxy) is 1. The molecule has 1 heterocycles. The quantitative estimate of drug-likeness (QED) is 0.662. The molecule has 0 amide bonds. The minimum Gasteiger partial charge on any atom is -0.497 e. The molecule has 0 saturated carbocycles. The fraction of sp³-hybridized carbons (Fsp3) is 0.100. The first-order valence-corrected chi connectivity index (χ1v) is 9.53. The van der Waals surface area contributed by atoms with Crippen LogP contribution in [0.4, 0.5) is 0 Å². The molecule has 0 radical (unpaired) electrons. The van der Waals surface area contributed by atoms with Gasteiger partial charge in [-0.15, -0.1) is 0 Å². The highest BCUT2D eigenvalue weighted by Crippen LogP contribution is 2.54. The second kappa shape index (κ2) is 5.40. The van der Waals surface area contributed by atoms with E-state index in [2.05, 4.69) is 12.1 Å². The number of benzene rings is 3. The largest absolute Gasteiger partial charge is 0.497 e. The maximum absolute atomic E-state index is 14.0. The molecule has 23 heavy (non-hydrogen) atoms. The molecule has 0 aliphatic carbocycles. The van der Waals surface area contributed by atoms with Crippen molar-refractivity contribution in [3.8, 4) is 16.9 Å². The highest BCUT2D eigenvalue weighted by Gasteiger charge is 2.35. The predicted octanol–water partition coefficient (Wildman–Crippen LogP) is 4.19. The van der Waals surface area contributed by atoms with Crippen molar-refractivity contribution in [3.63, 3.8) is 0 Å². The van der Waals surface area contributed by atoms with Crippen LogP contribution in [-0.4, -0.2) is 7.11 Å².